The average Bonchev–Trinajstić information content (AvgIpc) is 3.31. The number of carbonyl (C=O) groups is 1. The largest absolute Gasteiger partial charge is 0.336 e. The van der Waals surface area contributed by atoms with Gasteiger partial charge in [-0.15, -0.1) is 0 Å². The number of hydrogen-bond acceptors (Lipinski definition) is 5. The predicted octanol–water partition coefficient (Wildman–Crippen LogP) is 2.44. The summed E-state index contributed by atoms with van der Waals surface area (Å²) in [5.74, 6) is 0.714. The molecule has 4 rings (SSSR count). The van der Waals surface area contributed by atoms with E-state index in [0.29, 0.717) is 36.7 Å². The van der Waals surface area contributed by atoms with Crippen molar-refractivity contribution in [2.45, 2.75) is 37.3 Å². The third-order valence-electron chi connectivity index (χ3n) is 4.42. The van der Waals surface area contributed by atoms with Crippen LogP contribution in [0, 0.1) is 0 Å². The molecule has 1 aliphatic carbocycles. The van der Waals surface area contributed by atoms with E-state index in [4.69, 9.17) is 4.52 Å². The number of pyridine rings is 1. The van der Waals surface area contributed by atoms with Crippen LogP contribution in [0.2, 0.25) is 0 Å². The number of hydrogen-bond donors (Lipinski definition) is 0. The van der Waals surface area contributed by atoms with E-state index in [9.17, 15) is 4.79 Å². The quantitative estimate of drug-likeness (QED) is 0.869. The minimum atomic E-state index is -1.76. The van der Waals surface area contributed by atoms with E-state index in [1.807, 2.05) is 0 Å². The fourth-order valence-corrected chi connectivity index (χ4v) is 2.96. The highest BCUT2D eigenvalue weighted by Crippen LogP contribution is 2.41. The van der Waals surface area contributed by atoms with Gasteiger partial charge in [0.15, 0.2) is 5.82 Å². The molecule has 1 amide bonds. The van der Waals surface area contributed by atoms with Crippen molar-refractivity contribution >= 4 is 5.91 Å². The molecule has 6 nitrogen and oxygen atoms in total. The summed E-state index contributed by atoms with van der Waals surface area (Å²) in [6.45, 7) is 0.469. The van der Waals surface area contributed by atoms with Crippen molar-refractivity contribution in [1.82, 2.24) is 20.0 Å². The summed E-state index contributed by atoms with van der Waals surface area (Å²) in [5.41, 5.74) is -1.25. The lowest BCUT2D eigenvalue weighted by molar-refractivity contribution is 0.0152. The number of aromatic nitrogens is 3. The molecule has 0 aromatic carbocycles. The van der Waals surface area contributed by atoms with Crippen LogP contribution in [-0.2, 0) is 5.67 Å². The molecule has 1 saturated carbocycles. The first-order valence-electron chi connectivity index (χ1n) is 7.88. The van der Waals surface area contributed by atoms with Gasteiger partial charge in [0.25, 0.3) is 11.8 Å². The lowest BCUT2D eigenvalue weighted by Crippen LogP contribution is -2.46. The lowest BCUT2D eigenvalue weighted by Gasteiger charge is -2.35. The SMILES string of the molecule is O=C(c1ccncc1)N1CCCC(F)(c2nc(C3CC3)no2)C1. The highest BCUT2D eigenvalue weighted by molar-refractivity contribution is 5.94. The summed E-state index contributed by atoms with van der Waals surface area (Å²) in [4.78, 5) is 22.2. The molecule has 2 aliphatic rings. The summed E-state index contributed by atoms with van der Waals surface area (Å²) in [6, 6.07) is 3.27. The Labute approximate surface area is 132 Å². The Morgan fingerprint density at radius 1 is 1.35 bits per heavy atom. The summed E-state index contributed by atoms with van der Waals surface area (Å²) in [6.07, 6.45) is 6.03. The van der Waals surface area contributed by atoms with Gasteiger partial charge in [0, 0.05) is 30.4 Å². The van der Waals surface area contributed by atoms with Gasteiger partial charge in [-0.1, -0.05) is 5.16 Å². The molecule has 2 aromatic heterocycles. The molecule has 3 heterocycles. The summed E-state index contributed by atoms with van der Waals surface area (Å²) in [5, 5.41) is 3.89. The molecule has 1 saturated heterocycles. The van der Waals surface area contributed by atoms with E-state index >= 15 is 4.39 Å². The second-order valence-corrected chi connectivity index (χ2v) is 6.26. The first-order valence-corrected chi connectivity index (χ1v) is 7.88. The van der Waals surface area contributed by atoms with Crippen LogP contribution in [0.1, 0.15) is 53.7 Å². The van der Waals surface area contributed by atoms with E-state index in [1.54, 1.807) is 24.5 Å². The number of alkyl halides is 1. The number of piperidine rings is 1. The smallest absolute Gasteiger partial charge is 0.266 e. The van der Waals surface area contributed by atoms with Crippen LogP contribution in [0.4, 0.5) is 4.39 Å². The summed E-state index contributed by atoms with van der Waals surface area (Å²) in [7, 11) is 0. The normalized spacial score (nSPS) is 24.7. The van der Waals surface area contributed by atoms with Crippen molar-refractivity contribution in [3.8, 4) is 0 Å². The molecule has 0 radical (unpaired) electrons. The molecule has 0 spiro atoms. The second kappa shape index (κ2) is 5.40. The van der Waals surface area contributed by atoms with E-state index in [-0.39, 0.29) is 18.3 Å². The van der Waals surface area contributed by atoms with Crippen molar-refractivity contribution < 1.29 is 13.7 Å². The van der Waals surface area contributed by atoms with Gasteiger partial charge >= 0.3 is 0 Å². The topological polar surface area (TPSA) is 72.1 Å². The average molecular weight is 316 g/mol. The Kier molecular flexibility index (Phi) is 3.36. The van der Waals surface area contributed by atoms with E-state index < -0.39 is 5.67 Å². The van der Waals surface area contributed by atoms with Gasteiger partial charge in [-0.25, -0.2) is 4.39 Å². The first kappa shape index (κ1) is 14.3. The second-order valence-electron chi connectivity index (χ2n) is 6.26. The Bertz CT molecular complexity index is 716. The Morgan fingerprint density at radius 3 is 2.87 bits per heavy atom. The number of rotatable bonds is 3. The maximum Gasteiger partial charge on any atom is 0.266 e. The monoisotopic (exact) mass is 316 g/mol. The molecule has 2 fully saturated rings. The molecule has 0 N–H and O–H groups in total. The number of amides is 1. The first-order chi connectivity index (χ1) is 11.2. The lowest BCUT2D eigenvalue weighted by atomic mass is 9.94. The van der Waals surface area contributed by atoms with Gasteiger partial charge in [-0.05, 0) is 37.8 Å². The van der Waals surface area contributed by atoms with Gasteiger partial charge in [0.1, 0.15) is 0 Å². The molecular formula is C16H17FN4O2. The third kappa shape index (κ3) is 2.71. The highest BCUT2D eigenvalue weighted by Gasteiger charge is 2.44. The maximum atomic E-state index is 15.3. The number of carbonyl (C=O) groups excluding carboxylic acids is 1. The van der Waals surface area contributed by atoms with Crippen LogP contribution >= 0.6 is 0 Å². The van der Waals surface area contributed by atoms with Gasteiger partial charge in [-0.2, -0.15) is 4.98 Å². The number of halogens is 1. The van der Waals surface area contributed by atoms with Crippen molar-refractivity contribution in [3.05, 3.63) is 41.8 Å². The van der Waals surface area contributed by atoms with E-state index in [0.717, 1.165) is 12.8 Å². The molecule has 7 heteroatoms. The van der Waals surface area contributed by atoms with Crippen molar-refractivity contribution in [1.29, 1.82) is 0 Å². The molecule has 120 valence electrons. The maximum absolute atomic E-state index is 15.3. The molecule has 2 aromatic rings. The van der Waals surface area contributed by atoms with Crippen LogP contribution in [0.3, 0.4) is 0 Å². The fourth-order valence-electron chi connectivity index (χ4n) is 2.96. The van der Waals surface area contributed by atoms with Gasteiger partial charge in [0.2, 0.25) is 5.67 Å². The third-order valence-corrected chi connectivity index (χ3v) is 4.42. The molecular weight excluding hydrogens is 299 g/mol. The highest BCUT2D eigenvalue weighted by atomic mass is 19.1. The summed E-state index contributed by atoms with van der Waals surface area (Å²) < 4.78 is 20.5. The molecule has 0 bridgehead atoms. The number of likely N-dealkylation sites (tertiary alicyclic amines) is 1. The van der Waals surface area contributed by atoms with Crippen LogP contribution in [-0.4, -0.2) is 39.0 Å². The Balaban J connectivity index is 1.54. The van der Waals surface area contributed by atoms with Crippen LogP contribution in [0.15, 0.2) is 29.0 Å². The van der Waals surface area contributed by atoms with Gasteiger partial charge < -0.3 is 9.42 Å². The van der Waals surface area contributed by atoms with Crippen molar-refractivity contribution in [2.75, 3.05) is 13.1 Å². The van der Waals surface area contributed by atoms with Crippen molar-refractivity contribution in [3.63, 3.8) is 0 Å². The predicted molar refractivity (Wildman–Crippen MR) is 78.4 cm³/mol. The zero-order valence-corrected chi connectivity index (χ0v) is 12.6. The van der Waals surface area contributed by atoms with Gasteiger partial charge in [-0.3, -0.25) is 9.78 Å². The minimum absolute atomic E-state index is 0.00614. The minimum Gasteiger partial charge on any atom is -0.336 e. The number of nitrogens with zero attached hydrogens (tertiary/aromatic N) is 4. The van der Waals surface area contributed by atoms with Crippen LogP contribution in [0.5, 0.6) is 0 Å². The zero-order valence-electron chi connectivity index (χ0n) is 12.6. The van der Waals surface area contributed by atoms with Gasteiger partial charge in [0.05, 0.1) is 6.54 Å². The van der Waals surface area contributed by atoms with Crippen LogP contribution in [0.25, 0.3) is 0 Å². The zero-order chi connectivity index (χ0) is 15.9. The van der Waals surface area contributed by atoms with E-state index in [1.165, 1.54) is 4.90 Å². The Hall–Kier alpha value is -2.31. The molecule has 23 heavy (non-hydrogen) atoms. The fraction of sp³-hybridized carbons (Fsp3) is 0.500. The summed E-state index contributed by atoms with van der Waals surface area (Å²) >= 11 is 0. The molecule has 1 unspecified atom stereocenters. The molecule has 1 atom stereocenters. The molecule has 1 aliphatic heterocycles. The van der Waals surface area contributed by atoms with E-state index in [2.05, 4.69) is 15.1 Å². The van der Waals surface area contributed by atoms with Crippen molar-refractivity contribution in [2.24, 2.45) is 0 Å². The Morgan fingerprint density at radius 2 is 2.13 bits per heavy atom. The van der Waals surface area contributed by atoms with Crippen LogP contribution < -0.4 is 0 Å². The standard InChI is InChI=1S/C16H17FN4O2/c17-16(15-19-13(20-23-15)11-2-3-11)6-1-9-21(10-16)14(22)12-4-7-18-8-5-12/h4-5,7-8,11H,1-3,6,9-10H2.